The van der Waals surface area contributed by atoms with E-state index < -0.39 is 6.04 Å². The fourth-order valence-electron chi connectivity index (χ4n) is 2.71. The number of carbonyl (C=O) groups excluding carboxylic acids is 3. The minimum absolute atomic E-state index is 0.110. The molecule has 3 amide bonds. The first-order valence-electron chi connectivity index (χ1n) is 8.25. The maximum atomic E-state index is 12.3. The van der Waals surface area contributed by atoms with Crippen molar-refractivity contribution in [3.8, 4) is 0 Å². The lowest BCUT2D eigenvalue weighted by molar-refractivity contribution is -0.122. The van der Waals surface area contributed by atoms with E-state index in [-0.39, 0.29) is 30.6 Å². The van der Waals surface area contributed by atoms with Gasteiger partial charge in [-0.15, -0.1) is 0 Å². The van der Waals surface area contributed by atoms with Gasteiger partial charge in [-0.3, -0.25) is 14.4 Å². The number of anilines is 1. The molecule has 2 aromatic carbocycles. The molecule has 0 bridgehead atoms. The van der Waals surface area contributed by atoms with Crippen molar-refractivity contribution in [1.29, 1.82) is 0 Å². The second kappa shape index (κ2) is 8.01. The fourth-order valence-corrected chi connectivity index (χ4v) is 2.92. The lowest BCUT2D eigenvalue weighted by atomic mass is 10.1. The summed E-state index contributed by atoms with van der Waals surface area (Å²) in [6.45, 7) is 0.313. The first kappa shape index (κ1) is 17.9. The van der Waals surface area contributed by atoms with Crippen molar-refractivity contribution < 1.29 is 14.4 Å². The number of rotatable bonds is 5. The van der Waals surface area contributed by atoms with Crippen LogP contribution in [-0.2, 0) is 16.1 Å². The zero-order valence-corrected chi connectivity index (χ0v) is 14.7. The van der Waals surface area contributed by atoms with Gasteiger partial charge in [-0.05, 0) is 30.2 Å². The highest BCUT2D eigenvalue weighted by Crippen LogP contribution is 2.19. The summed E-state index contributed by atoms with van der Waals surface area (Å²) < 4.78 is 0. The highest BCUT2D eigenvalue weighted by Gasteiger charge is 2.27. The van der Waals surface area contributed by atoms with Gasteiger partial charge in [-0.2, -0.15) is 0 Å². The van der Waals surface area contributed by atoms with Crippen LogP contribution in [0.1, 0.15) is 28.8 Å². The predicted molar refractivity (Wildman–Crippen MR) is 98.9 cm³/mol. The summed E-state index contributed by atoms with van der Waals surface area (Å²) in [5.41, 5.74) is 1.70. The topological polar surface area (TPSA) is 87.3 Å². The number of carbonyl (C=O) groups is 3. The summed E-state index contributed by atoms with van der Waals surface area (Å²) in [4.78, 5) is 36.6. The Morgan fingerprint density at radius 2 is 1.81 bits per heavy atom. The third-order valence-electron chi connectivity index (χ3n) is 4.15. The minimum Gasteiger partial charge on any atom is -0.352 e. The van der Waals surface area contributed by atoms with Crippen LogP contribution >= 0.6 is 11.6 Å². The van der Waals surface area contributed by atoms with Gasteiger partial charge in [0.2, 0.25) is 11.8 Å². The Kier molecular flexibility index (Phi) is 5.53. The van der Waals surface area contributed by atoms with E-state index >= 15 is 0 Å². The van der Waals surface area contributed by atoms with Crippen LogP contribution in [0.2, 0.25) is 5.02 Å². The molecule has 0 aliphatic carbocycles. The Morgan fingerprint density at radius 3 is 2.62 bits per heavy atom. The van der Waals surface area contributed by atoms with E-state index in [4.69, 9.17) is 11.6 Å². The van der Waals surface area contributed by atoms with Crippen molar-refractivity contribution in [2.75, 3.05) is 5.32 Å². The molecule has 1 aliphatic rings. The van der Waals surface area contributed by atoms with Gasteiger partial charge < -0.3 is 16.0 Å². The number of fused-ring (bicyclic) bond motifs is 1. The Hall–Kier alpha value is -2.86. The van der Waals surface area contributed by atoms with Crippen LogP contribution < -0.4 is 16.0 Å². The largest absolute Gasteiger partial charge is 0.352 e. The summed E-state index contributed by atoms with van der Waals surface area (Å²) >= 11 is 6.05. The van der Waals surface area contributed by atoms with Gasteiger partial charge in [0.05, 0.1) is 11.3 Å². The van der Waals surface area contributed by atoms with Crippen molar-refractivity contribution in [3.05, 3.63) is 64.7 Å². The number of hydrogen-bond acceptors (Lipinski definition) is 3. The van der Waals surface area contributed by atoms with E-state index in [2.05, 4.69) is 16.0 Å². The molecule has 2 aromatic rings. The van der Waals surface area contributed by atoms with Crippen molar-refractivity contribution in [2.24, 2.45) is 0 Å². The summed E-state index contributed by atoms with van der Waals surface area (Å²) in [6.07, 6.45) is 0.319. The Labute approximate surface area is 155 Å². The zero-order chi connectivity index (χ0) is 18.5. The number of benzene rings is 2. The summed E-state index contributed by atoms with van der Waals surface area (Å²) in [6, 6.07) is 13.3. The van der Waals surface area contributed by atoms with Crippen molar-refractivity contribution in [1.82, 2.24) is 10.6 Å². The highest BCUT2D eigenvalue weighted by molar-refractivity contribution is 6.31. The summed E-state index contributed by atoms with van der Waals surface area (Å²) in [7, 11) is 0. The van der Waals surface area contributed by atoms with Gasteiger partial charge in [0.25, 0.3) is 5.91 Å². The molecule has 6 nitrogen and oxygen atoms in total. The van der Waals surface area contributed by atoms with Crippen LogP contribution in [0.5, 0.6) is 0 Å². The molecule has 0 fully saturated rings. The average Bonchev–Trinajstić information content (AvgIpc) is 2.76. The maximum Gasteiger partial charge on any atom is 0.254 e. The van der Waals surface area contributed by atoms with Crippen molar-refractivity contribution in [2.45, 2.75) is 25.4 Å². The van der Waals surface area contributed by atoms with Gasteiger partial charge in [0, 0.05) is 18.0 Å². The van der Waals surface area contributed by atoms with E-state index in [1.807, 2.05) is 18.2 Å². The van der Waals surface area contributed by atoms with Gasteiger partial charge in [0.1, 0.15) is 6.04 Å². The smallest absolute Gasteiger partial charge is 0.254 e. The molecule has 0 aromatic heterocycles. The molecular formula is C19H18ClN3O3. The van der Waals surface area contributed by atoms with Crippen molar-refractivity contribution >= 4 is 35.0 Å². The van der Waals surface area contributed by atoms with E-state index in [1.165, 1.54) is 0 Å². The summed E-state index contributed by atoms with van der Waals surface area (Å²) in [5.74, 6) is -0.878. The van der Waals surface area contributed by atoms with Gasteiger partial charge in [-0.1, -0.05) is 41.9 Å². The molecule has 1 atom stereocenters. The molecule has 0 saturated heterocycles. The van der Waals surface area contributed by atoms with E-state index in [1.54, 1.807) is 30.3 Å². The minimum atomic E-state index is -0.763. The second-order valence-electron chi connectivity index (χ2n) is 5.97. The molecule has 1 heterocycles. The lowest BCUT2D eigenvalue weighted by Gasteiger charge is -2.14. The Morgan fingerprint density at radius 1 is 1.08 bits per heavy atom. The second-order valence-corrected chi connectivity index (χ2v) is 6.37. The van der Waals surface area contributed by atoms with E-state index in [9.17, 15) is 14.4 Å². The van der Waals surface area contributed by atoms with Crippen LogP contribution in [0.4, 0.5) is 5.69 Å². The Bertz CT molecular complexity index is 853. The first-order chi connectivity index (χ1) is 12.5. The van der Waals surface area contributed by atoms with E-state index in [0.29, 0.717) is 22.8 Å². The van der Waals surface area contributed by atoms with Crippen LogP contribution in [-0.4, -0.2) is 23.8 Å². The quantitative estimate of drug-likeness (QED) is 0.754. The van der Waals surface area contributed by atoms with Gasteiger partial charge in [-0.25, -0.2) is 0 Å². The molecule has 1 unspecified atom stereocenters. The molecule has 26 heavy (non-hydrogen) atoms. The molecule has 0 radical (unpaired) electrons. The average molecular weight is 372 g/mol. The number of halogens is 1. The van der Waals surface area contributed by atoms with Crippen LogP contribution in [0, 0.1) is 0 Å². The molecule has 3 rings (SSSR count). The Balaban J connectivity index is 1.54. The third kappa shape index (κ3) is 4.21. The predicted octanol–water partition coefficient (Wildman–Crippen LogP) is 2.49. The van der Waals surface area contributed by atoms with E-state index in [0.717, 1.165) is 5.56 Å². The number of para-hydroxylation sites is 1. The number of hydrogen-bond donors (Lipinski definition) is 3. The number of amides is 3. The standard InChI is InChI=1S/C19H18ClN3O3/c20-14-7-3-1-5-12(14)11-21-17(24)10-9-16-19(26)22-15-8-4-2-6-13(15)18(25)23-16/h1-8,16H,9-11H2,(H,21,24)(H,22,26)(H,23,25). The normalized spacial score (nSPS) is 16.1. The van der Waals surface area contributed by atoms with Gasteiger partial charge >= 0.3 is 0 Å². The molecule has 134 valence electrons. The monoisotopic (exact) mass is 371 g/mol. The molecular weight excluding hydrogens is 354 g/mol. The highest BCUT2D eigenvalue weighted by atomic mass is 35.5. The SMILES string of the molecule is O=C(CCC1NC(=O)c2ccccc2NC1=O)NCc1ccccc1Cl. The molecule has 1 aliphatic heterocycles. The molecule has 0 spiro atoms. The molecule has 7 heteroatoms. The van der Waals surface area contributed by atoms with Gasteiger partial charge in [0.15, 0.2) is 0 Å². The molecule has 3 N–H and O–H groups in total. The summed E-state index contributed by atoms with van der Waals surface area (Å²) in [5, 5.41) is 8.75. The maximum absolute atomic E-state index is 12.3. The fraction of sp³-hybridized carbons (Fsp3) is 0.211. The van der Waals surface area contributed by atoms with Crippen LogP contribution in [0.3, 0.4) is 0 Å². The zero-order valence-electron chi connectivity index (χ0n) is 13.9. The van der Waals surface area contributed by atoms with Crippen LogP contribution in [0.15, 0.2) is 48.5 Å². The number of nitrogens with one attached hydrogen (secondary N) is 3. The van der Waals surface area contributed by atoms with Crippen molar-refractivity contribution in [3.63, 3.8) is 0 Å². The lowest BCUT2D eigenvalue weighted by Crippen LogP contribution is -2.42. The third-order valence-corrected chi connectivity index (χ3v) is 4.51. The molecule has 0 saturated carbocycles. The first-order valence-corrected chi connectivity index (χ1v) is 8.63. The van der Waals surface area contributed by atoms with Crippen LogP contribution in [0.25, 0.3) is 0 Å².